The van der Waals surface area contributed by atoms with Gasteiger partial charge in [-0.05, 0) is 76.7 Å². The van der Waals surface area contributed by atoms with Gasteiger partial charge in [0.05, 0.1) is 0 Å². The van der Waals surface area contributed by atoms with Crippen molar-refractivity contribution in [3.63, 3.8) is 0 Å². The molecule has 2 N–H and O–H groups in total. The van der Waals surface area contributed by atoms with E-state index in [-0.39, 0.29) is 5.91 Å². The number of carbonyl (C=O) groups is 1. The maximum Gasteiger partial charge on any atom is 0.220 e. The Kier molecular flexibility index (Phi) is 6.80. The van der Waals surface area contributed by atoms with E-state index >= 15 is 0 Å². The summed E-state index contributed by atoms with van der Waals surface area (Å²) in [6.45, 7) is 8.93. The molecule has 0 aromatic heterocycles. The highest BCUT2D eigenvalue weighted by Crippen LogP contribution is 2.18. The summed E-state index contributed by atoms with van der Waals surface area (Å²) in [6.07, 6.45) is 6.75. The van der Waals surface area contributed by atoms with E-state index in [9.17, 15) is 4.79 Å². The van der Waals surface area contributed by atoms with Crippen molar-refractivity contribution in [3.8, 4) is 0 Å². The summed E-state index contributed by atoms with van der Waals surface area (Å²) in [5.41, 5.74) is 0. The summed E-state index contributed by atoms with van der Waals surface area (Å²) in [6, 6.07) is 0. The Balaban J connectivity index is 1.53. The smallest absolute Gasteiger partial charge is 0.220 e. The van der Waals surface area contributed by atoms with Crippen LogP contribution in [0.2, 0.25) is 0 Å². The Bertz CT molecular complexity index is 281. The van der Waals surface area contributed by atoms with Crippen molar-refractivity contribution < 1.29 is 4.79 Å². The number of amides is 1. The monoisotopic (exact) mass is 281 g/mol. The van der Waals surface area contributed by atoms with Gasteiger partial charge in [-0.15, -0.1) is 0 Å². The first-order chi connectivity index (χ1) is 9.78. The molecule has 1 amide bonds. The molecule has 116 valence electrons. The van der Waals surface area contributed by atoms with Crippen LogP contribution in [-0.2, 0) is 4.79 Å². The SMILES string of the molecule is CCN1CCC(CNC(=O)CCC2CCNCC2)CC1. The number of likely N-dealkylation sites (tertiary alicyclic amines) is 1. The summed E-state index contributed by atoms with van der Waals surface area (Å²) in [5, 5.41) is 6.53. The fraction of sp³-hybridized carbons (Fsp3) is 0.938. The lowest BCUT2D eigenvalue weighted by Gasteiger charge is -2.31. The van der Waals surface area contributed by atoms with Crippen LogP contribution in [-0.4, -0.2) is 50.1 Å². The molecule has 0 aromatic rings. The summed E-state index contributed by atoms with van der Waals surface area (Å²) in [4.78, 5) is 14.4. The van der Waals surface area contributed by atoms with E-state index in [2.05, 4.69) is 22.5 Å². The Morgan fingerprint density at radius 3 is 2.50 bits per heavy atom. The van der Waals surface area contributed by atoms with E-state index in [1.807, 2.05) is 0 Å². The van der Waals surface area contributed by atoms with Crippen molar-refractivity contribution in [2.45, 2.75) is 45.4 Å². The molecule has 2 aliphatic heterocycles. The maximum absolute atomic E-state index is 11.9. The average Bonchev–Trinajstić information content (AvgIpc) is 2.52. The van der Waals surface area contributed by atoms with E-state index in [0.29, 0.717) is 5.92 Å². The van der Waals surface area contributed by atoms with E-state index in [4.69, 9.17) is 0 Å². The summed E-state index contributed by atoms with van der Waals surface area (Å²) in [5.74, 6) is 1.72. The highest BCUT2D eigenvalue weighted by Gasteiger charge is 2.19. The number of nitrogens with one attached hydrogen (secondary N) is 2. The molecule has 20 heavy (non-hydrogen) atoms. The third-order valence-electron chi connectivity index (χ3n) is 4.98. The quantitative estimate of drug-likeness (QED) is 0.777. The minimum atomic E-state index is 0.265. The van der Waals surface area contributed by atoms with Crippen LogP contribution in [0.4, 0.5) is 0 Å². The molecule has 4 heteroatoms. The van der Waals surface area contributed by atoms with Crippen LogP contribution in [0.25, 0.3) is 0 Å². The predicted octanol–water partition coefficient (Wildman–Crippen LogP) is 1.61. The highest BCUT2D eigenvalue weighted by atomic mass is 16.1. The van der Waals surface area contributed by atoms with Gasteiger partial charge in [-0.2, -0.15) is 0 Å². The molecule has 2 fully saturated rings. The number of carbonyl (C=O) groups excluding carboxylic acids is 1. The second-order valence-electron chi connectivity index (χ2n) is 6.41. The first-order valence-electron chi connectivity index (χ1n) is 8.47. The molecule has 2 aliphatic rings. The first kappa shape index (κ1) is 15.8. The normalized spacial score (nSPS) is 22.9. The largest absolute Gasteiger partial charge is 0.356 e. The fourth-order valence-corrected chi connectivity index (χ4v) is 3.36. The molecule has 0 spiro atoms. The average molecular weight is 281 g/mol. The van der Waals surface area contributed by atoms with Gasteiger partial charge in [-0.25, -0.2) is 0 Å². The van der Waals surface area contributed by atoms with Gasteiger partial charge in [0.25, 0.3) is 0 Å². The molecular weight excluding hydrogens is 250 g/mol. The van der Waals surface area contributed by atoms with Crippen molar-refractivity contribution in [1.29, 1.82) is 0 Å². The minimum absolute atomic E-state index is 0.265. The van der Waals surface area contributed by atoms with Crippen LogP contribution in [0.1, 0.15) is 45.4 Å². The summed E-state index contributed by atoms with van der Waals surface area (Å²) < 4.78 is 0. The van der Waals surface area contributed by atoms with E-state index in [1.165, 1.54) is 38.8 Å². The topological polar surface area (TPSA) is 44.4 Å². The molecule has 0 radical (unpaired) electrons. The zero-order valence-electron chi connectivity index (χ0n) is 13.0. The molecule has 0 saturated carbocycles. The maximum atomic E-state index is 11.9. The van der Waals surface area contributed by atoms with Gasteiger partial charge in [-0.1, -0.05) is 6.92 Å². The number of hydrogen-bond acceptors (Lipinski definition) is 3. The molecule has 4 nitrogen and oxygen atoms in total. The Morgan fingerprint density at radius 1 is 1.15 bits per heavy atom. The molecule has 0 unspecified atom stereocenters. The zero-order chi connectivity index (χ0) is 14.2. The molecule has 0 aliphatic carbocycles. The van der Waals surface area contributed by atoms with Crippen molar-refractivity contribution in [1.82, 2.24) is 15.5 Å². The molecule has 2 saturated heterocycles. The summed E-state index contributed by atoms with van der Waals surface area (Å²) in [7, 11) is 0. The molecule has 2 heterocycles. The molecule has 2 rings (SSSR count). The lowest BCUT2D eigenvalue weighted by Crippen LogP contribution is -2.38. The van der Waals surface area contributed by atoms with Crippen molar-refractivity contribution in [2.24, 2.45) is 11.8 Å². The predicted molar refractivity (Wildman–Crippen MR) is 82.7 cm³/mol. The lowest BCUT2D eigenvalue weighted by atomic mass is 9.93. The molecular formula is C16H31N3O. The van der Waals surface area contributed by atoms with Gasteiger partial charge in [0.2, 0.25) is 5.91 Å². The zero-order valence-corrected chi connectivity index (χ0v) is 13.0. The highest BCUT2D eigenvalue weighted by molar-refractivity contribution is 5.75. The van der Waals surface area contributed by atoms with Crippen molar-refractivity contribution in [3.05, 3.63) is 0 Å². The minimum Gasteiger partial charge on any atom is -0.356 e. The van der Waals surface area contributed by atoms with Crippen molar-refractivity contribution in [2.75, 3.05) is 39.3 Å². The Morgan fingerprint density at radius 2 is 1.85 bits per heavy atom. The van der Waals surface area contributed by atoms with E-state index < -0.39 is 0 Å². The first-order valence-corrected chi connectivity index (χ1v) is 8.47. The number of piperidine rings is 2. The van der Waals surface area contributed by atoms with Crippen LogP contribution in [0, 0.1) is 11.8 Å². The lowest BCUT2D eigenvalue weighted by molar-refractivity contribution is -0.121. The van der Waals surface area contributed by atoms with Crippen LogP contribution >= 0.6 is 0 Å². The number of nitrogens with zero attached hydrogens (tertiary/aromatic N) is 1. The molecule has 0 aromatic carbocycles. The third kappa shape index (κ3) is 5.41. The standard InChI is InChI=1S/C16H31N3O/c1-2-19-11-7-15(8-12-19)13-18-16(20)4-3-14-5-9-17-10-6-14/h14-15,17H,2-13H2,1H3,(H,18,20). The molecule has 0 atom stereocenters. The summed E-state index contributed by atoms with van der Waals surface area (Å²) >= 11 is 0. The van der Waals surface area contributed by atoms with Gasteiger partial charge in [0.1, 0.15) is 0 Å². The second kappa shape index (κ2) is 8.63. The van der Waals surface area contributed by atoms with Gasteiger partial charge in [-0.3, -0.25) is 4.79 Å². The fourth-order valence-electron chi connectivity index (χ4n) is 3.36. The van der Waals surface area contributed by atoms with Gasteiger partial charge in [0.15, 0.2) is 0 Å². The number of hydrogen-bond donors (Lipinski definition) is 2. The van der Waals surface area contributed by atoms with Gasteiger partial charge >= 0.3 is 0 Å². The third-order valence-corrected chi connectivity index (χ3v) is 4.98. The van der Waals surface area contributed by atoms with Crippen molar-refractivity contribution >= 4 is 5.91 Å². The van der Waals surface area contributed by atoms with Crippen LogP contribution in [0.5, 0.6) is 0 Å². The van der Waals surface area contributed by atoms with Crippen LogP contribution in [0.15, 0.2) is 0 Å². The number of rotatable bonds is 6. The Hall–Kier alpha value is -0.610. The van der Waals surface area contributed by atoms with E-state index in [1.54, 1.807) is 0 Å². The van der Waals surface area contributed by atoms with E-state index in [0.717, 1.165) is 44.9 Å². The van der Waals surface area contributed by atoms with Gasteiger partial charge < -0.3 is 15.5 Å². The van der Waals surface area contributed by atoms with Crippen LogP contribution < -0.4 is 10.6 Å². The molecule has 0 bridgehead atoms. The Labute approximate surface area is 123 Å². The van der Waals surface area contributed by atoms with Gasteiger partial charge in [0, 0.05) is 13.0 Å². The van der Waals surface area contributed by atoms with Crippen LogP contribution in [0.3, 0.4) is 0 Å². The second-order valence-corrected chi connectivity index (χ2v) is 6.41.